The van der Waals surface area contributed by atoms with Crippen LogP contribution in [0, 0.1) is 0 Å². The van der Waals surface area contributed by atoms with Crippen LogP contribution in [0.5, 0.6) is 0 Å². The van der Waals surface area contributed by atoms with Crippen LogP contribution in [-0.4, -0.2) is 19.9 Å². The monoisotopic (exact) mass is 439 g/mol. The average Bonchev–Trinajstić information content (AvgIpc) is 3.13. The van der Waals surface area contributed by atoms with Crippen molar-refractivity contribution in [3.05, 3.63) is 88.1 Å². The second-order valence-electron chi connectivity index (χ2n) is 5.89. The molecule has 0 saturated carbocycles. The van der Waals surface area contributed by atoms with Gasteiger partial charge in [-0.3, -0.25) is 4.98 Å². The van der Waals surface area contributed by atoms with E-state index in [1.54, 1.807) is 12.4 Å². The number of aromatic nitrogens is 4. The third kappa shape index (κ3) is 4.02. The fourth-order valence-corrected chi connectivity index (χ4v) is 3.07. The molecule has 4 aromatic rings. The van der Waals surface area contributed by atoms with Gasteiger partial charge in [-0.1, -0.05) is 39.7 Å². The SMILES string of the molecule is Clc1ccc(-c2nnc(-c3ccncc3)n2NCc2ccc(Br)cc2)cc1. The Morgan fingerprint density at radius 2 is 1.41 bits per heavy atom. The van der Waals surface area contributed by atoms with E-state index in [9.17, 15) is 0 Å². The molecule has 4 rings (SSSR count). The number of hydrogen-bond donors (Lipinski definition) is 1. The summed E-state index contributed by atoms with van der Waals surface area (Å²) in [7, 11) is 0. The maximum Gasteiger partial charge on any atom is 0.183 e. The molecule has 0 atom stereocenters. The second kappa shape index (κ2) is 7.90. The summed E-state index contributed by atoms with van der Waals surface area (Å²) < 4.78 is 2.95. The zero-order chi connectivity index (χ0) is 18.6. The Morgan fingerprint density at radius 3 is 2.04 bits per heavy atom. The minimum atomic E-state index is 0.629. The Hall–Kier alpha value is -2.70. The molecule has 7 heteroatoms. The van der Waals surface area contributed by atoms with Crippen LogP contribution < -0.4 is 5.43 Å². The van der Waals surface area contributed by atoms with Crippen molar-refractivity contribution in [1.82, 2.24) is 19.9 Å². The van der Waals surface area contributed by atoms with Gasteiger partial charge >= 0.3 is 0 Å². The van der Waals surface area contributed by atoms with Gasteiger partial charge in [0.15, 0.2) is 11.6 Å². The zero-order valence-corrected chi connectivity index (χ0v) is 16.5. The lowest BCUT2D eigenvalue weighted by molar-refractivity contribution is 0.850. The highest BCUT2D eigenvalue weighted by molar-refractivity contribution is 9.10. The summed E-state index contributed by atoms with van der Waals surface area (Å²) >= 11 is 9.49. The van der Waals surface area contributed by atoms with Gasteiger partial charge in [0.25, 0.3) is 0 Å². The van der Waals surface area contributed by atoms with Crippen molar-refractivity contribution < 1.29 is 0 Å². The lowest BCUT2D eigenvalue weighted by atomic mass is 10.2. The van der Waals surface area contributed by atoms with E-state index in [4.69, 9.17) is 11.6 Å². The third-order valence-corrected chi connectivity index (χ3v) is 4.84. The third-order valence-electron chi connectivity index (χ3n) is 4.06. The first-order valence-corrected chi connectivity index (χ1v) is 9.48. The predicted octanol–water partition coefficient (Wildman–Crippen LogP) is 5.17. The van der Waals surface area contributed by atoms with Gasteiger partial charge in [-0.25, -0.2) is 4.68 Å². The molecule has 2 aromatic carbocycles. The molecular formula is C20H15BrClN5. The minimum absolute atomic E-state index is 0.629. The van der Waals surface area contributed by atoms with E-state index in [0.29, 0.717) is 11.6 Å². The van der Waals surface area contributed by atoms with Gasteiger partial charge < -0.3 is 5.43 Å². The molecule has 1 N–H and O–H groups in total. The predicted molar refractivity (Wildman–Crippen MR) is 111 cm³/mol. The van der Waals surface area contributed by atoms with Gasteiger partial charge in [0, 0.05) is 33.0 Å². The molecule has 0 aliphatic heterocycles. The highest BCUT2D eigenvalue weighted by atomic mass is 79.9. The molecule has 0 amide bonds. The van der Waals surface area contributed by atoms with Crippen molar-refractivity contribution in [2.75, 3.05) is 5.43 Å². The fourth-order valence-electron chi connectivity index (χ4n) is 2.68. The Morgan fingerprint density at radius 1 is 0.815 bits per heavy atom. The van der Waals surface area contributed by atoms with Crippen molar-refractivity contribution in [2.24, 2.45) is 0 Å². The van der Waals surface area contributed by atoms with Gasteiger partial charge in [0.1, 0.15) is 0 Å². The number of rotatable bonds is 5. The van der Waals surface area contributed by atoms with Crippen molar-refractivity contribution in [2.45, 2.75) is 6.54 Å². The Balaban J connectivity index is 1.72. The van der Waals surface area contributed by atoms with E-state index in [0.717, 1.165) is 32.8 Å². The number of hydrogen-bond acceptors (Lipinski definition) is 4. The molecule has 0 spiro atoms. The van der Waals surface area contributed by atoms with Crippen LogP contribution in [0.15, 0.2) is 77.5 Å². The van der Waals surface area contributed by atoms with Gasteiger partial charge in [0.2, 0.25) is 0 Å². The van der Waals surface area contributed by atoms with Crippen LogP contribution in [0.25, 0.3) is 22.8 Å². The number of halogens is 2. The quantitative estimate of drug-likeness (QED) is 0.465. The molecule has 0 aliphatic carbocycles. The van der Waals surface area contributed by atoms with Crippen molar-refractivity contribution >= 4 is 27.5 Å². The van der Waals surface area contributed by atoms with E-state index in [-0.39, 0.29) is 0 Å². The summed E-state index contributed by atoms with van der Waals surface area (Å²) in [5, 5.41) is 9.47. The molecule has 2 aromatic heterocycles. The van der Waals surface area contributed by atoms with Crippen LogP contribution in [-0.2, 0) is 6.54 Å². The van der Waals surface area contributed by atoms with E-state index >= 15 is 0 Å². The molecule has 0 saturated heterocycles. The van der Waals surface area contributed by atoms with Gasteiger partial charge in [-0.15, -0.1) is 10.2 Å². The maximum atomic E-state index is 6.02. The Labute approximate surface area is 170 Å². The lowest BCUT2D eigenvalue weighted by Gasteiger charge is -2.13. The molecule has 134 valence electrons. The lowest BCUT2D eigenvalue weighted by Crippen LogP contribution is -2.17. The first-order chi connectivity index (χ1) is 13.2. The number of nitrogens with zero attached hydrogens (tertiary/aromatic N) is 4. The number of nitrogens with one attached hydrogen (secondary N) is 1. The molecule has 5 nitrogen and oxygen atoms in total. The van der Waals surface area contributed by atoms with Crippen LogP contribution in [0.4, 0.5) is 0 Å². The summed E-state index contributed by atoms with van der Waals surface area (Å²) in [6, 6.07) is 19.5. The van der Waals surface area contributed by atoms with Crippen molar-refractivity contribution in [1.29, 1.82) is 0 Å². The molecule has 0 aliphatic rings. The average molecular weight is 441 g/mol. The molecule has 0 bridgehead atoms. The van der Waals surface area contributed by atoms with Crippen LogP contribution in [0.2, 0.25) is 5.02 Å². The van der Waals surface area contributed by atoms with E-state index in [1.165, 1.54) is 0 Å². The minimum Gasteiger partial charge on any atom is -0.318 e. The Kier molecular flexibility index (Phi) is 5.18. The summed E-state index contributed by atoms with van der Waals surface area (Å²) in [6.45, 7) is 0.629. The van der Waals surface area contributed by atoms with E-state index in [2.05, 4.69) is 48.7 Å². The summed E-state index contributed by atoms with van der Waals surface area (Å²) in [6.07, 6.45) is 3.48. The van der Waals surface area contributed by atoms with Gasteiger partial charge in [-0.2, -0.15) is 0 Å². The molecule has 0 unspecified atom stereocenters. The normalized spacial score (nSPS) is 10.7. The molecular weight excluding hydrogens is 426 g/mol. The molecule has 0 fully saturated rings. The first kappa shape index (κ1) is 17.7. The molecule has 27 heavy (non-hydrogen) atoms. The van der Waals surface area contributed by atoms with Crippen LogP contribution in [0.3, 0.4) is 0 Å². The standard InChI is InChI=1S/C20H15BrClN5/c21-17-5-1-14(2-6-17)13-24-27-19(15-3-7-18(22)8-4-15)25-26-20(27)16-9-11-23-12-10-16/h1-12,24H,13H2. The molecule has 2 heterocycles. The molecule has 0 radical (unpaired) electrons. The van der Waals surface area contributed by atoms with Crippen LogP contribution >= 0.6 is 27.5 Å². The fraction of sp³-hybridized carbons (Fsp3) is 0.0500. The maximum absolute atomic E-state index is 6.02. The van der Waals surface area contributed by atoms with Crippen molar-refractivity contribution in [3.8, 4) is 22.8 Å². The van der Waals surface area contributed by atoms with E-state index < -0.39 is 0 Å². The second-order valence-corrected chi connectivity index (χ2v) is 7.24. The van der Waals surface area contributed by atoms with Gasteiger partial charge in [-0.05, 0) is 54.1 Å². The number of benzene rings is 2. The highest BCUT2D eigenvalue weighted by Gasteiger charge is 2.15. The van der Waals surface area contributed by atoms with E-state index in [1.807, 2.05) is 53.2 Å². The van der Waals surface area contributed by atoms with Crippen molar-refractivity contribution in [3.63, 3.8) is 0 Å². The first-order valence-electron chi connectivity index (χ1n) is 8.31. The highest BCUT2D eigenvalue weighted by Crippen LogP contribution is 2.24. The smallest absolute Gasteiger partial charge is 0.183 e. The number of pyridine rings is 1. The summed E-state index contributed by atoms with van der Waals surface area (Å²) in [5.41, 5.74) is 6.44. The summed E-state index contributed by atoms with van der Waals surface area (Å²) in [5.74, 6) is 1.44. The summed E-state index contributed by atoms with van der Waals surface area (Å²) in [4.78, 5) is 4.08. The van der Waals surface area contributed by atoms with Crippen LogP contribution in [0.1, 0.15) is 5.56 Å². The zero-order valence-electron chi connectivity index (χ0n) is 14.2. The largest absolute Gasteiger partial charge is 0.318 e. The van der Waals surface area contributed by atoms with Gasteiger partial charge in [0.05, 0.1) is 6.54 Å². The topological polar surface area (TPSA) is 55.6 Å². The Bertz CT molecular complexity index is 1030.